The Morgan fingerprint density at radius 3 is 2.92 bits per heavy atom. The third kappa shape index (κ3) is 1.69. The summed E-state index contributed by atoms with van der Waals surface area (Å²) in [4.78, 5) is 1.04. The molecule has 1 aromatic carbocycles. The molecular weight excluding hydrogens is 332 g/mol. The van der Waals surface area contributed by atoms with Crippen molar-refractivity contribution in [2.75, 3.05) is 0 Å². The number of thiophene rings is 1. The molecule has 0 unspecified atom stereocenters. The van der Waals surface area contributed by atoms with Crippen LogP contribution in [0.5, 0.6) is 0 Å². The molecule has 1 heterocycles. The summed E-state index contributed by atoms with van der Waals surface area (Å²) < 4.78 is 2.39. The van der Waals surface area contributed by atoms with Gasteiger partial charge in [0.2, 0.25) is 0 Å². The van der Waals surface area contributed by atoms with Gasteiger partial charge in [0.1, 0.15) is 0 Å². The van der Waals surface area contributed by atoms with Gasteiger partial charge >= 0.3 is 0 Å². The van der Waals surface area contributed by atoms with Gasteiger partial charge in [0.15, 0.2) is 0 Å². The third-order valence-electron chi connectivity index (χ3n) is 1.91. The Morgan fingerprint density at radius 1 is 1.46 bits per heavy atom. The molecule has 0 bridgehead atoms. The van der Waals surface area contributed by atoms with Gasteiger partial charge in [0, 0.05) is 19.4 Å². The van der Waals surface area contributed by atoms with Crippen LogP contribution in [0.4, 0.5) is 0 Å². The monoisotopic (exact) mass is 336 g/mol. The number of rotatable bonds is 1. The van der Waals surface area contributed by atoms with Crippen LogP contribution in [-0.2, 0) is 5.33 Å². The number of alkyl halides is 1. The van der Waals surface area contributed by atoms with Gasteiger partial charge < -0.3 is 0 Å². The zero-order chi connectivity index (χ0) is 9.42. The molecule has 0 radical (unpaired) electrons. The fourth-order valence-electron chi connectivity index (χ4n) is 1.28. The topological polar surface area (TPSA) is 0 Å². The minimum atomic E-state index is 0.870. The summed E-state index contributed by atoms with van der Waals surface area (Å²) in [6.07, 6.45) is 0. The van der Waals surface area contributed by atoms with Gasteiger partial charge in [-0.25, -0.2) is 0 Å². The van der Waals surface area contributed by atoms with Gasteiger partial charge in [-0.05, 0) is 28.5 Å². The number of hydrogen-bond donors (Lipinski definition) is 1. The van der Waals surface area contributed by atoms with Crippen molar-refractivity contribution >= 4 is 65.9 Å². The highest BCUT2D eigenvalue weighted by Gasteiger charge is 2.08. The van der Waals surface area contributed by atoms with E-state index < -0.39 is 0 Å². The molecule has 0 N–H and O–H groups in total. The van der Waals surface area contributed by atoms with Crippen molar-refractivity contribution in [2.24, 2.45) is 0 Å². The van der Waals surface area contributed by atoms with Crippen LogP contribution in [0.3, 0.4) is 0 Å². The Bertz CT molecular complexity index is 448. The van der Waals surface area contributed by atoms with Crippen LogP contribution in [0.15, 0.2) is 26.9 Å². The molecule has 13 heavy (non-hydrogen) atoms. The molecular formula is C9H6Br2S2. The van der Waals surface area contributed by atoms with Crippen LogP contribution in [0, 0.1) is 0 Å². The van der Waals surface area contributed by atoms with E-state index in [1.165, 1.54) is 15.6 Å². The molecule has 2 rings (SSSR count). The first-order valence-electron chi connectivity index (χ1n) is 3.67. The molecule has 1 aromatic heterocycles. The Morgan fingerprint density at radius 2 is 2.23 bits per heavy atom. The van der Waals surface area contributed by atoms with Gasteiger partial charge in [-0.3, -0.25) is 0 Å². The van der Waals surface area contributed by atoms with E-state index in [0.29, 0.717) is 0 Å². The molecule has 0 nitrogen and oxygen atoms in total. The first kappa shape index (κ1) is 10.0. The van der Waals surface area contributed by atoms with Crippen molar-refractivity contribution in [1.29, 1.82) is 0 Å². The van der Waals surface area contributed by atoms with Crippen molar-refractivity contribution < 1.29 is 0 Å². The predicted molar refractivity (Wildman–Crippen MR) is 69.4 cm³/mol. The molecule has 4 heteroatoms. The fourth-order valence-corrected chi connectivity index (χ4v) is 4.27. The lowest BCUT2D eigenvalue weighted by atomic mass is 10.1. The first-order chi connectivity index (χ1) is 6.24. The van der Waals surface area contributed by atoms with Gasteiger partial charge in [-0.2, -0.15) is 0 Å². The summed E-state index contributed by atoms with van der Waals surface area (Å²) in [6, 6.07) is 4.19. The van der Waals surface area contributed by atoms with Crippen molar-refractivity contribution in [2.45, 2.75) is 10.2 Å². The summed E-state index contributed by atoms with van der Waals surface area (Å²) in [5, 5.41) is 4.26. The SMILES string of the molecule is Sc1cc(Br)c(CBr)c2ccsc12. The van der Waals surface area contributed by atoms with Crippen LogP contribution in [0.1, 0.15) is 5.56 Å². The highest BCUT2D eigenvalue weighted by molar-refractivity contribution is 9.10. The Balaban J connectivity index is 2.88. The Labute approximate surface area is 103 Å². The highest BCUT2D eigenvalue weighted by Crippen LogP contribution is 2.36. The van der Waals surface area contributed by atoms with Crippen LogP contribution < -0.4 is 0 Å². The minimum absolute atomic E-state index is 0.870. The summed E-state index contributed by atoms with van der Waals surface area (Å²) in [5.41, 5.74) is 1.30. The van der Waals surface area contributed by atoms with E-state index in [1.54, 1.807) is 11.3 Å². The second-order valence-electron chi connectivity index (χ2n) is 2.65. The molecule has 0 fully saturated rings. The lowest BCUT2D eigenvalue weighted by Crippen LogP contribution is -1.82. The molecule has 0 amide bonds. The summed E-state index contributed by atoms with van der Waals surface area (Å²) in [5.74, 6) is 0. The van der Waals surface area contributed by atoms with E-state index in [4.69, 9.17) is 0 Å². The van der Waals surface area contributed by atoms with Gasteiger partial charge in [-0.15, -0.1) is 24.0 Å². The zero-order valence-electron chi connectivity index (χ0n) is 6.55. The predicted octanol–water partition coefficient (Wildman–Crippen LogP) is 4.85. The molecule has 68 valence electrons. The maximum absolute atomic E-state index is 4.44. The number of thiol groups is 1. The van der Waals surface area contributed by atoms with Gasteiger partial charge in [0.05, 0.1) is 0 Å². The molecule has 2 aromatic rings. The molecule has 0 saturated carbocycles. The zero-order valence-corrected chi connectivity index (χ0v) is 11.4. The molecule has 0 atom stereocenters. The van der Waals surface area contributed by atoms with E-state index in [1.807, 2.05) is 0 Å². The fraction of sp³-hybridized carbons (Fsp3) is 0.111. The van der Waals surface area contributed by atoms with Crippen LogP contribution in [0.25, 0.3) is 10.1 Å². The van der Waals surface area contributed by atoms with Crippen molar-refractivity contribution in [3.05, 3.63) is 27.5 Å². The Kier molecular flexibility index (Phi) is 3.03. The summed E-state index contributed by atoms with van der Waals surface area (Å²) in [7, 11) is 0. The average Bonchev–Trinajstić information content (AvgIpc) is 2.53. The number of hydrogen-bond acceptors (Lipinski definition) is 2. The second-order valence-corrected chi connectivity index (χ2v) is 5.47. The van der Waals surface area contributed by atoms with E-state index in [-0.39, 0.29) is 0 Å². The largest absolute Gasteiger partial charge is 0.143 e. The van der Waals surface area contributed by atoms with Crippen molar-refractivity contribution in [3.8, 4) is 0 Å². The molecule has 0 aliphatic carbocycles. The van der Waals surface area contributed by atoms with E-state index >= 15 is 0 Å². The number of halogens is 2. The normalized spacial score (nSPS) is 11.0. The lowest BCUT2D eigenvalue weighted by molar-refractivity contribution is 1.41. The third-order valence-corrected chi connectivity index (χ3v) is 4.63. The standard InChI is InChI=1S/C9H6Br2S2/c10-4-6-5-1-2-13-9(5)8(12)3-7(6)11/h1-3,12H,4H2. The Hall–Kier alpha value is 0.490. The number of benzene rings is 1. The van der Waals surface area contributed by atoms with E-state index in [2.05, 4.69) is 62.0 Å². The van der Waals surface area contributed by atoms with Crippen LogP contribution in [0.2, 0.25) is 0 Å². The van der Waals surface area contributed by atoms with Gasteiger partial charge in [-0.1, -0.05) is 31.9 Å². The van der Waals surface area contributed by atoms with Crippen LogP contribution >= 0.6 is 55.8 Å². The maximum atomic E-state index is 4.44. The molecule has 0 spiro atoms. The van der Waals surface area contributed by atoms with E-state index in [0.717, 1.165) is 14.7 Å². The lowest BCUT2D eigenvalue weighted by Gasteiger charge is -2.04. The van der Waals surface area contributed by atoms with Crippen molar-refractivity contribution in [3.63, 3.8) is 0 Å². The molecule has 0 aliphatic heterocycles. The van der Waals surface area contributed by atoms with Gasteiger partial charge in [0.25, 0.3) is 0 Å². The quantitative estimate of drug-likeness (QED) is 0.558. The number of fused-ring (bicyclic) bond motifs is 1. The highest BCUT2D eigenvalue weighted by atomic mass is 79.9. The second kappa shape index (κ2) is 3.93. The average molecular weight is 338 g/mol. The molecule has 0 aliphatic rings. The smallest absolute Gasteiger partial charge is 0.0479 e. The summed E-state index contributed by atoms with van der Waals surface area (Å²) in [6.45, 7) is 0. The minimum Gasteiger partial charge on any atom is -0.143 e. The molecule has 0 saturated heterocycles. The first-order valence-corrected chi connectivity index (χ1v) is 6.91. The summed E-state index contributed by atoms with van der Waals surface area (Å²) >= 11 is 13.2. The van der Waals surface area contributed by atoms with E-state index in [9.17, 15) is 0 Å². The van der Waals surface area contributed by atoms with Crippen LogP contribution in [-0.4, -0.2) is 0 Å². The van der Waals surface area contributed by atoms with Crippen molar-refractivity contribution in [1.82, 2.24) is 0 Å². The maximum Gasteiger partial charge on any atom is 0.0479 e.